The van der Waals surface area contributed by atoms with Crippen molar-refractivity contribution in [3.63, 3.8) is 0 Å². The monoisotopic (exact) mass is 317 g/mol. The molecule has 0 amide bonds. The number of anilines is 1. The third-order valence-electron chi connectivity index (χ3n) is 5.39. The van der Waals surface area contributed by atoms with Crippen LogP contribution in [0.2, 0.25) is 0 Å². The molecule has 1 aliphatic heterocycles. The maximum absolute atomic E-state index is 10.9. The Morgan fingerprint density at radius 1 is 1.36 bits per heavy atom. The molecule has 1 N–H and O–H groups in total. The maximum Gasteiger partial charge on any atom is 0.141 e. The molecule has 3 heterocycles. The number of aliphatic hydroxyl groups is 1. The average Bonchev–Trinajstić information content (AvgIpc) is 3.01. The molecule has 0 spiro atoms. The molecule has 0 bridgehead atoms. The number of piperidine rings is 1. The van der Waals surface area contributed by atoms with E-state index in [4.69, 9.17) is 4.98 Å². The quantitative estimate of drug-likeness (QED) is 0.922. The summed E-state index contributed by atoms with van der Waals surface area (Å²) in [5, 5.41) is 14.1. The minimum atomic E-state index is -0.427. The molecule has 4 rings (SSSR count). The van der Waals surface area contributed by atoms with Gasteiger partial charge in [0.1, 0.15) is 16.5 Å². The van der Waals surface area contributed by atoms with Crippen molar-refractivity contribution in [2.24, 2.45) is 5.92 Å². The van der Waals surface area contributed by atoms with Crippen LogP contribution in [0, 0.1) is 5.92 Å². The Morgan fingerprint density at radius 2 is 2.27 bits per heavy atom. The van der Waals surface area contributed by atoms with Gasteiger partial charge in [0, 0.05) is 25.4 Å². The molecule has 5 heteroatoms. The molecule has 0 aromatic carbocycles. The number of rotatable bonds is 2. The van der Waals surface area contributed by atoms with E-state index in [0.29, 0.717) is 5.92 Å². The van der Waals surface area contributed by atoms with Crippen LogP contribution in [0.5, 0.6) is 0 Å². The van der Waals surface area contributed by atoms with E-state index < -0.39 is 5.60 Å². The standard InChI is InChI=1S/C17H23N3OS/c1-2-14-18-15(13-6-10-22-16(13)19-14)20-9-8-17(21)7-4-3-5-12(17)11-20/h6,10,12,21H,2-5,7-9,11H2,1H3. The van der Waals surface area contributed by atoms with Gasteiger partial charge in [-0.05, 0) is 30.7 Å². The van der Waals surface area contributed by atoms with Gasteiger partial charge in [-0.15, -0.1) is 11.3 Å². The predicted octanol–water partition coefficient (Wildman–Crippen LogP) is 3.39. The summed E-state index contributed by atoms with van der Waals surface area (Å²) in [5.74, 6) is 2.40. The van der Waals surface area contributed by atoms with Crippen molar-refractivity contribution in [2.75, 3.05) is 18.0 Å². The first-order valence-electron chi connectivity index (χ1n) is 8.41. The number of hydrogen-bond acceptors (Lipinski definition) is 5. The zero-order valence-electron chi connectivity index (χ0n) is 13.1. The van der Waals surface area contributed by atoms with Gasteiger partial charge >= 0.3 is 0 Å². The zero-order chi connectivity index (χ0) is 15.2. The van der Waals surface area contributed by atoms with Gasteiger partial charge in [0.15, 0.2) is 0 Å². The highest BCUT2D eigenvalue weighted by molar-refractivity contribution is 7.16. The van der Waals surface area contributed by atoms with Crippen molar-refractivity contribution >= 4 is 27.4 Å². The van der Waals surface area contributed by atoms with Crippen molar-refractivity contribution in [3.05, 3.63) is 17.3 Å². The summed E-state index contributed by atoms with van der Waals surface area (Å²) in [6.07, 6.45) is 6.28. The van der Waals surface area contributed by atoms with Crippen molar-refractivity contribution in [3.8, 4) is 0 Å². The second-order valence-electron chi connectivity index (χ2n) is 6.70. The van der Waals surface area contributed by atoms with E-state index in [2.05, 4.69) is 28.3 Å². The lowest BCUT2D eigenvalue weighted by atomic mass is 9.71. The first-order valence-corrected chi connectivity index (χ1v) is 9.29. The molecule has 2 atom stereocenters. The van der Waals surface area contributed by atoms with Gasteiger partial charge in [0.05, 0.1) is 11.0 Å². The lowest BCUT2D eigenvalue weighted by Gasteiger charge is -2.47. The summed E-state index contributed by atoms with van der Waals surface area (Å²) < 4.78 is 0. The minimum absolute atomic E-state index is 0.392. The summed E-state index contributed by atoms with van der Waals surface area (Å²) in [5.41, 5.74) is -0.427. The molecule has 1 saturated heterocycles. The molecule has 4 nitrogen and oxygen atoms in total. The SMILES string of the molecule is CCc1nc(N2CCC3(O)CCCCC3C2)c2ccsc2n1. The maximum atomic E-state index is 10.9. The molecule has 22 heavy (non-hydrogen) atoms. The topological polar surface area (TPSA) is 49.2 Å². The Labute approximate surface area is 135 Å². The van der Waals surface area contributed by atoms with Crippen LogP contribution in [0.1, 0.15) is 44.9 Å². The number of nitrogens with zero attached hydrogens (tertiary/aromatic N) is 3. The summed E-state index contributed by atoms with van der Waals surface area (Å²) in [6.45, 7) is 3.94. The summed E-state index contributed by atoms with van der Waals surface area (Å²) in [7, 11) is 0. The van der Waals surface area contributed by atoms with Gasteiger partial charge in [0.25, 0.3) is 0 Å². The van der Waals surface area contributed by atoms with E-state index in [1.54, 1.807) is 11.3 Å². The highest BCUT2D eigenvalue weighted by Crippen LogP contribution is 2.41. The van der Waals surface area contributed by atoms with Crippen LogP contribution in [-0.4, -0.2) is 33.8 Å². The lowest BCUT2D eigenvalue weighted by Crippen LogP contribution is -2.53. The van der Waals surface area contributed by atoms with E-state index in [0.717, 1.165) is 55.2 Å². The molecule has 1 aliphatic carbocycles. The van der Waals surface area contributed by atoms with E-state index in [9.17, 15) is 5.11 Å². The van der Waals surface area contributed by atoms with E-state index in [1.165, 1.54) is 18.2 Å². The first kappa shape index (κ1) is 14.4. The highest BCUT2D eigenvalue weighted by Gasteiger charge is 2.43. The van der Waals surface area contributed by atoms with Crippen molar-refractivity contribution in [1.29, 1.82) is 0 Å². The van der Waals surface area contributed by atoms with Crippen LogP contribution in [0.3, 0.4) is 0 Å². The highest BCUT2D eigenvalue weighted by atomic mass is 32.1. The Morgan fingerprint density at radius 3 is 3.14 bits per heavy atom. The Hall–Kier alpha value is -1.20. The van der Waals surface area contributed by atoms with E-state index in [1.807, 2.05) is 0 Å². The van der Waals surface area contributed by atoms with Gasteiger partial charge in [-0.2, -0.15) is 0 Å². The third-order valence-corrected chi connectivity index (χ3v) is 6.20. The van der Waals surface area contributed by atoms with E-state index in [-0.39, 0.29) is 0 Å². The van der Waals surface area contributed by atoms with Crippen LogP contribution in [0.4, 0.5) is 5.82 Å². The van der Waals surface area contributed by atoms with Gasteiger partial charge in [-0.25, -0.2) is 9.97 Å². The molecule has 2 aliphatic rings. The Bertz CT molecular complexity index is 686. The fraction of sp³-hybridized carbons (Fsp3) is 0.647. The molecule has 1 saturated carbocycles. The molecule has 2 unspecified atom stereocenters. The zero-order valence-corrected chi connectivity index (χ0v) is 13.9. The largest absolute Gasteiger partial charge is 0.389 e. The number of thiophene rings is 1. The fourth-order valence-electron chi connectivity index (χ4n) is 4.05. The van der Waals surface area contributed by atoms with Crippen molar-refractivity contribution < 1.29 is 5.11 Å². The number of hydrogen-bond donors (Lipinski definition) is 1. The van der Waals surface area contributed by atoms with Gasteiger partial charge in [-0.1, -0.05) is 19.8 Å². The minimum Gasteiger partial charge on any atom is -0.389 e. The van der Waals surface area contributed by atoms with Crippen LogP contribution < -0.4 is 4.90 Å². The number of aryl methyl sites for hydroxylation is 1. The molecule has 118 valence electrons. The second kappa shape index (κ2) is 5.46. The summed E-state index contributed by atoms with van der Waals surface area (Å²) >= 11 is 1.69. The molecule has 0 radical (unpaired) electrons. The Balaban J connectivity index is 1.69. The van der Waals surface area contributed by atoms with E-state index >= 15 is 0 Å². The van der Waals surface area contributed by atoms with Crippen LogP contribution in [0.25, 0.3) is 10.2 Å². The first-order chi connectivity index (χ1) is 10.7. The number of fused-ring (bicyclic) bond motifs is 2. The normalized spacial score (nSPS) is 28.8. The van der Waals surface area contributed by atoms with Gasteiger partial charge in [-0.3, -0.25) is 0 Å². The van der Waals surface area contributed by atoms with Gasteiger partial charge < -0.3 is 10.0 Å². The molecule has 2 aromatic heterocycles. The third kappa shape index (κ3) is 2.31. The smallest absolute Gasteiger partial charge is 0.141 e. The summed E-state index contributed by atoms with van der Waals surface area (Å²) in [6, 6.07) is 2.14. The van der Waals surface area contributed by atoms with Crippen LogP contribution in [-0.2, 0) is 6.42 Å². The van der Waals surface area contributed by atoms with Gasteiger partial charge in [0.2, 0.25) is 0 Å². The summed E-state index contributed by atoms with van der Waals surface area (Å²) in [4.78, 5) is 12.9. The number of aromatic nitrogens is 2. The fourth-order valence-corrected chi connectivity index (χ4v) is 4.82. The average molecular weight is 317 g/mol. The molecular weight excluding hydrogens is 294 g/mol. The molecule has 2 fully saturated rings. The molecular formula is C17H23N3OS. The molecule has 2 aromatic rings. The van der Waals surface area contributed by atoms with Crippen LogP contribution >= 0.6 is 11.3 Å². The van der Waals surface area contributed by atoms with Crippen molar-refractivity contribution in [2.45, 2.75) is 51.0 Å². The van der Waals surface area contributed by atoms with Crippen molar-refractivity contribution in [1.82, 2.24) is 9.97 Å². The predicted molar refractivity (Wildman–Crippen MR) is 90.5 cm³/mol. The lowest BCUT2D eigenvalue weighted by molar-refractivity contribution is -0.0613. The van der Waals surface area contributed by atoms with Crippen LogP contribution in [0.15, 0.2) is 11.4 Å². The second-order valence-corrected chi connectivity index (χ2v) is 7.59. The Kier molecular flexibility index (Phi) is 3.57.